The maximum atomic E-state index is 13.1. The number of carbonyl (C=O) groups is 1. The van der Waals surface area contributed by atoms with Gasteiger partial charge in [-0.1, -0.05) is 17.7 Å². The molecule has 3 aromatic carbocycles. The van der Waals surface area contributed by atoms with E-state index in [4.69, 9.17) is 4.42 Å². The van der Waals surface area contributed by atoms with Gasteiger partial charge in [0.2, 0.25) is 0 Å². The minimum absolute atomic E-state index is 0.244. The lowest BCUT2D eigenvalue weighted by Gasteiger charge is -2.08. The van der Waals surface area contributed by atoms with Gasteiger partial charge < -0.3 is 9.73 Å². The van der Waals surface area contributed by atoms with Gasteiger partial charge in [-0.3, -0.25) is 9.59 Å². The van der Waals surface area contributed by atoms with Gasteiger partial charge in [0.05, 0.1) is 5.39 Å². The number of aryl methyl sites for hydroxylation is 1. The number of carbonyl (C=O) groups excluding carboxylic acids is 1. The molecule has 0 atom stereocenters. The second-order valence-electron chi connectivity index (χ2n) is 6.51. The Morgan fingerprint density at radius 3 is 2.36 bits per heavy atom. The molecule has 4 aromatic rings. The van der Waals surface area contributed by atoms with Crippen molar-refractivity contribution >= 4 is 22.6 Å². The molecule has 0 aliphatic rings. The van der Waals surface area contributed by atoms with Gasteiger partial charge in [-0.2, -0.15) is 0 Å². The number of rotatable bonds is 3. The van der Waals surface area contributed by atoms with E-state index in [1.54, 1.807) is 42.5 Å². The molecule has 1 heterocycles. The number of hydrogen-bond acceptors (Lipinski definition) is 3. The Hall–Kier alpha value is -3.73. The molecule has 28 heavy (non-hydrogen) atoms. The molecule has 1 N–H and O–H groups in total. The van der Waals surface area contributed by atoms with Crippen molar-refractivity contribution < 1.29 is 13.6 Å². The molecule has 4 nitrogen and oxygen atoms in total. The van der Waals surface area contributed by atoms with Crippen molar-refractivity contribution in [2.75, 3.05) is 5.32 Å². The Morgan fingerprint density at radius 1 is 0.929 bits per heavy atom. The van der Waals surface area contributed by atoms with Crippen molar-refractivity contribution in [1.82, 2.24) is 0 Å². The summed E-state index contributed by atoms with van der Waals surface area (Å²) in [7, 11) is 0. The fourth-order valence-electron chi connectivity index (χ4n) is 2.90. The van der Waals surface area contributed by atoms with Crippen LogP contribution in [-0.2, 0) is 0 Å². The third-order valence-electron chi connectivity index (χ3n) is 4.43. The summed E-state index contributed by atoms with van der Waals surface area (Å²) < 4.78 is 18.9. The van der Waals surface area contributed by atoms with Crippen molar-refractivity contribution in [1.29, 1.82) is 0 Å². The molecule has 0 spiro atoms. The van der Waals surface area contributed by atoms with Crippen LogP contribution < -0.4 is 10.7 Å². The van der Waals surface area contributed by atoms with E-state index in [1.807, 2.05) is 19.1 Å². The summed E-state index contributed by atoms with van der Waals surface area (Å²) in [5, 5.41) is 3.14. The van der Waals surface area contributed by atoms with Crippen molar-refractivity contribution in [2.24, 2.45) is 0 Å². The minimum Gasteiger partial charge on any atom is -0.456 e. The van der Waals surface area contributed by atoms with Crippen molar-refractivity contribution in [2.45, 2.75) is 6.92 Å². The molecule has 1 aromatic heterocycles. The topological polar surface area (TPSA) is 59.3 Å². The molecule has 1 amide bonds. The minimum atomic E-state index is -0.360. The smallest absolute Gasteiger partial charge is 0.255 e. The lowest BCUT2D eigenvalue weighted by atomic mass is 10.1. The van der Waals surface area contributed by atoms with Gasteiger partial charge in [0.1, 0.15) is 17.2 Å². The predicted octanol–water partition coefficient (Wildman–Crippen LogP) is 5.16. The van der Waals surface area contributed by atoms with E-state index in [9.17, 15) is 14.0 Å². The van der Waals surface area contributed by atoms with Gasteiger partial charge in [0, 0.05) is 22.9 Å². The van der Waals surface area contributed by atoms with Crippen LogP contribution in [0.15, 0.2) is 82.0 Å². The Labute approximate surface area is 160 Å². The molecule has 0 saturated heterocycles. The van der Waals surface area contributed by atoms with E-state index in [-0.39, 0.29) is 17.2 Å². The van der Waals surface area contributed by atoms with Crippen LogP contribution in [0, 0.1) is 12.7 Å². The molecule has 0 aliphatic carbocycles. The van der Waals surface area contributed by atoms with E-state index in [0.717, 1.165) is 5.56 Å². The monoisotopic (exact) mass is 373 g/mol. The van der Waals surface area contributed by atoms with E-state index >= 15 is 0 Å². The zero-order valence-electron chi connectivity index (χ0n) is 15.0. The predicted molar refractivity (Wildman–Crippen MR) is 107 cm³/mol. The highest BCUT2D eigenvalue weighted by Gasteiger charge is 2.10. The second-order valence-corrected chi connectivity index (χ2v) is 6.51. The highest BCUT2D eigenvalue weighted by Crippen LogP contribution is 2.24. The molecular formula is C23H16FNO3. The van der Waals surface area contributed by atoms with Crippen LogP contribution in [0.5, 0.6) is 0 Å². The molecule has 0 saturated carbocycles. The molecule has 0 unspecified atom stereocenters. The molecule has 0 aliphatic heterocycles. The normalized spacial score (nSPS) is 10.8. The van der Waals surface area contributed by atoms with Crippen LogP contribution in [-0.4, -0.2) is 5.91 Å². The third-order valence-corrected chi connectivity index (χ3v) is 4.43. The van der Waals surface area contributed by atoms with E-state index in [0.29, 0.717) is 33.5 Å². The van der Waals surface area contributed by atoms with Crippen LogP contribution in [0.3, 0.4) is 0 Å². The fourth-order valence-corrected chi connectivity index (χ4v) is 2.90. The molecular weight excluding hydrogens is 357 g/mol. The number of hydrogen-bond donors (Lipinski definition) is 1. The SMILES string of the molecule is Cc1ccc(C(=O)Nc2ccc3oc(-c4ccc(F)cc4)cc(=O)c3c2)cc1. The fraction of sp³-hybridized carbons (Fsp3) is 0.0435. The van der Waals surface area contributed by atoms with Crippen LogP contribution >= 0.6 is 0 Å². The van der Waals surface area contributed by atoms with Gasteiger partial charge in [-0.05, 0) is 61.5 Å². The molecule has 4 rings (SSSR count). The summed E-state index contributed by atoms with van der Waals surface area (Å²) in [5.41, 5.74) is 2.85. The van der Waals surface area contributed by atoms with Gasteiger partial charge in [-0.15, -0.1) is 0 Å². The Kier molecular flexibility index (Phi) is 4.49. The highest BCUT2D eigenvalue weighted by atomic mass is 19.1. The zero-order valence-corrected chi connectivity index (χ0v) is 15.0. The molecule has 0 fully saturated rings. The van der Waals surface area contributed by atoms with Crippen molar-refractivity contribution in [3.05, 3.63) is 100.0 Å². The largest absolute Gasteiger partial charge is 0.456 e. The summed E-state index contributed by atoms with van der Waals surface area (Å²) in [6.07, 6.45) is 0. The second kappa shape index (κ2) is 7.12. The van der Waals surface area contributed by atoms with E-state index < -0.39 is 0 Å². The molecule has 0 bridgehead atoms. The third kappa shape index (κ3) is 3.55. The first-order valence-electron chi connectivity index (χ1n) is 8.71. The van der Waals surface area contributed by atoms with Crippen LogP contribution in [0.25, 0.3) is 22.3 Å². The van der Waals surface area contributed by atoms with E-state index in [1.165, 1.54) is 18.2 Å². The number of amides is 1. The first-order valence-corrected chi connectivity index (χ1v) is 8.71. The summed E-state index contributed by atoms with van der Waals surface area (Å²) in [5.74, 6) is -0.263. The summed E-state index contributed by atoms with van der Waals surface area (Å²) in [6.45, 7) is 1.95. The first kappa shape index (κ1) is 17.7. The number of benzene rings is 3. The van der Waals surface area contributed by atoms with Crippen LogP contribution in [0.2, 0.25) is 0 Å². The van der Waals surface area contributed by atoms with Crippen LogP contribution in [0.1, 0.15) is 15.9 Å². The quantitative estimate of drug-likeness (QED) is 0.540. The van der Waals surface area contributed by atoms with Gasteiger partial charge in [-0.25, -0.2) is 4.39 Å². The number of fused-ring (bicyclic) bond motifs is 1. The summed E-state index contributed by atoms with van der Waals surface area (Å²) in [6, 6.07) is 19.2. The van der Waals surface area contributed by atoms with Gasteiger partial charge >= 0.3 is 0 Å². The van der Waals surface area contributed by atoms with Gasteiger partial charge in [0.25, 0.3) is 5.91 Å². The lowest BCUT2D eigenvalue weighted by molar-refractivity contribution is 0.102. The van der Waals surface area contributed by atoms with Crippen molar-refractivity contribution in [3.8, 4) is 11.3 Å². The number of halogens is 1. The average Bonchev–Trinajstić information content (AvgIpc) is 2.69. The Balaban J connectivity index is 1.66. The lowest BCUT2D eigenvalue weighted by Crippen LogP contribution is -2.12. The first-order chi connectivity index (χ1) is 13.5. The molecule has 138 valence electrons. The highest BCUT2D eigenvalue weighted by molar-refractivity contribution is 6.05. The number of anilines is 1. The molecule has 0 radical (unpaired) electrons. The average molecular weight is 373 g/mol. The van der Waals surface area contributed by atoms with Crippen LogP contribution in [0.4, 0.5) is 10.1 Å². The standard InChI is InChI=1S/C23H16FNO3/c1-14-2-4-16(5-3-14)23(27)25-18-10-11-21-19(12-18)20(26)13-22(28-21)15-6-8-17(24)9-7-15/h2-13H,1H3,(H,25,27). The van der Waals surface area contributed by atoms with Gasteiger partial charge in [0.15, 0.2) is 5.43 Å². The summed E-state index contributed by atoms with van der Waals surface area (Å²) in [4.78, 5) is 24.9. The summed E-state index contributed by atoms with van der Waals surface area (Å²) >= 11 is 0. The zero-order chi connectivity index (χ0) is 19.7. The Morgan fingerprint density at radius 2 is 1.64 bits per heavy atom. The van der Waals surface area contributed by atoms with Crippen molar-refractivity contribution in [3.63, 3.8) is 0 Å². The maximum absolute atomic E-state index is 13.1. The number of nitrogens with one attached hydrogen (secondary N) is 1. The maximum Gasteiger partial charge on any atom is 0.255 e. The van der Waals surface area contributed by atoms with E-state index in [2.05, 4.69) is 5.32 Å². The molecule has 5 heteroatoms. The Bertz CT molecular complexity index is 1230.